The maximum absolute atomic E-state index is 13.4. The fraction of sp³-hybridized carbons (Fsp3) is 0.143. The molecule has 20 heavy (non-hydrogen) atoms. The van der Waals surface area contributed by atoms with Gasteiger partial charge in [-0.15, -0.1) is 0 Å². The molecule has 0 saturated heterocycles. The molecule has 2 rings (SSSR count). The highest BCUT2D eigenvalue weighted by atomic mass is 79.9. The van der Waals surface area contributed by atoms with Gasteiger partial charge in [-0.3, -0.25) is 0 Å². The van der Waals surface area contributed by atoms with Gasteiger partial charge in [-0.25, -0.2) is 9.37 Å². The van der Waals surface area contributed by atoms with E-state index in [0.29, 0.717) is 29.5 Å². The smallest absolute Gasteiger partial charge is 0.171 e. The van der Waals surface area contributed by atoms with Gasteiger partial charge in [0, 0.05) is 12.7 Å². The minimum Gasteiger partial charge on any atom is -0.362 e. The molecule has 0 bridgehead atoms. The van der Waals surface area contributed by atoms with Gasteiger partial charge in [0.2, 0.25) is 0 Å². The van der Waals surface area contributed by atoms with Crippen molar-refractivity contribution in [3.63, 3.8) is 0 Å². The number of halogens is 2. The van der Waals surface area contributed by atoms with Crippen LogP contribution >= 0.6 is 28.1 Å². The molecule has 1 aromatic carbocycles. The van der Waals surface area contributed by atoms with Gasteiger partial charge in [0.15, 0.2) is 5.11 Å². The quantitative estimate of drug-likeness (QED) is 0.824. The first-order chi connectivity index (χ1) is 9.66. The van der Waals surface area contributed by atoms with Gasteiger partial charge < -0.3 is 10.6 Å². The number of benzene rings is 1. The summed E-state index contributed by atoms with van der Waals surface area (Å²) in [5.74, 6) is 0.455. The zero-order chi connectivity index (χ0) is 14.4. The van der Waals surface area contributed by atoms with Gasteiger partial charge in [-0.05, 0) is 58.3 Å². The van der Waals surface area contributed by atoms with Gasteiger partial charge in [-0.1, -0.05) is 18.2 Å². The summed E-state index contributed by atoms with van der Waals surface area (Å²) < 4.78 is 14.3. The molecule has 0 spiro atoms. The molecule has 0 atom stereocenters. The van der Waals surface area contributed by atoms with Crippen molar-refractivity contribution in [3.05, 3.63) is 58.4 Å². The number of nitrogens with zero attached hydrogens (tertiary/aromatic N) is 1. The number of aromatic nitrogens is 1. The van der Waals surface area contributed by atoms with Gasteiger partial charge >= 0.3 is 0 Å². The van der Waals surface area contributed by atoms with Crippen molar-refractivity contribution in [2.24, 2.45) is 0 Å². The Morgan fingerprint density at radius 2 is 2.05 bits per heavy atom. The Kier molecular flexibility index (Phi) is 5.43. The number of anilines is 1. The molecule has 3 nitrogen and oxygen atoms in total. The molecule has 0 aliphatic heterocycles. The first-order valence-corrected chi connectivity index (χ1v) is 7.25. The van der Waals surface area contributed by atoms with E-state index in [0.717, 1.165) is 4.47 Å². The number of hydrogen-bond acceptors (Lipinski definition) is 2. The highest BCUT2D eigenvalue weighted by molar-refractivity contribution is 9.10. The molecule has 0 aliphatic rings. The summed E-state index contributed by atoms with van der Waals surface area (Å²) in [6.07, 6.45) is 2.24. The Morgan fingerprint density at radius 1 is 1.25 bits per heavy atom. The van der Waals surface area contributed by atoms with Crippen LogP contribution in [0.1, 0.15) is 5.56 Å². The Hall–Kier alpha value is -1.53. The zero-order valence-corrected chi connectivity index (χ0v) is 13.0. The molecular weight excluding hydrogens is 341 g/mol. The summed E-state index contributed by atoms with van der Waals surface area (Å²) in [6, 6.07) is 10.4. The van der Waals surface area contributed by atoms with E-state index in [-0.39, 0.29) is 5.82 Å². The summed E-state index contributed by atoms with van der Waals surface area (Å²) >= 11 is 8.54. The van der Waals surface area contributed by atoms with Gasteiger partial charge in [0.1, 0.15) is 11.6 Å². The van der Waals surface area contributed by atoms with Crippen LogP contribution in [0, 0.1) is 5.82 Å². The summed E-state index contributed by atoms with van der Waals surface area (Å²) in [4.78, 5) is 4.15. The van der Waals surface area contributed by atoms with Crippen molar-refractivity contribution in [2.75, 3.05) is 11.9 Å². The fourth-order valence-corrected chi connectivity index (χ4v) is 2.19. The topological polar surface area (TPSA) is 37.0 Å². The minimum absolute atomic E-state index is 0.194. The van der Waals surface area contributed by atoms with E-state index >= 15 is 0 Å². The monoisotopic (exact) mass is 353 g/mol. The molecule has 0 aliphatic carbocycles. The van der Waals surface area contributed by atoms with E-state index in [4.69, 9.17) is 12.2 Å². The van der Waals surface area contributed by atoms with Gasteiger partial charge in [0.25, 0.3) is 0 Å². The lowest BCUT2D eigenvalue weighted by atomic mass is 10.1. The van der Waals surface area contributed by atoms with Crippen LogP contribution in [0.2, 0.25) is 0 Å². The van der Waals surface area contributed by atoms with Crippen molar-refractivity contribution >= 4 is 39.1 Å². The first-order valence-electron chi connectivity index (χ1n) is 6.05. The van der Waals surface area contributed by atoms with Crippen molar-refractivity contribution in [1.82, 2.24) is 10.3 Å². The van der Waals surface area contributed by atoms with Crippen molar-refractivity contribution in [3.8, 4) is 0 Å². The van der Waals surface area contributed by atoms with Crippen LogP contribution in [0.25, 0.3) is 0 Å². The number of thiocarbonyl (C=S) groups is 1. The summed E-state index contributed by atoms with van der Waals surface area (Å²) in [5, 5.41) is 6.47. The molecule has 1 aromatic heterocycles. The second-order valence-corrected chi connectivity index (χ2v) is 5.32. The molecule has 0 amide bonds. The van der Waals surface area contributed by atoms with Crippen molar-refractivity contribution in [2.45, 2.75) is 6.42 Å². The number of hydrogen-bond donors (Lipinski definition) is 2. The molecule has 6 heteroatoms. The largest absolute Gasteiger partial charge is 0.362 e. The van der Waals surface area contributed by atoms with Crippen molar-refractivity contribution < 1.29 is 4.39 Å². The van der Waals surface area contributed by atoms with E-state index in [1.54, 1.807) is 18.3 Å². The molecule has 2 N–H and O–H groups in total. The number of nitrogens with one attached hydrogen (secondary N) is 2. The Labute approximate surface area is 130 Å². The molecule has 0 saturated carbocycles. The molecule has 0 radical (unpaired) electrons. The second-order valence-electron chi connectivity index (χ2n) is 4.06. The average Bonchev–Trinajstić information content (AvgIpc) is 2.43. The van der Waals surface area contributed by atoms with Crippen LogP contribution in [0.4, 0.5) is 10.2 Å². The highest BCUT2D eigenvalue weighted by Gasteiger charge is 2.04. The predicted molar refractivity (Wildman–Crippen MR) is 86.3 cm³/mol. The highest BCUT2D eigenvalue weighted by Crippen LogP contribution is 2.17. The number of rotatable bonds is 4. The Morgan fingerprint density at radius 3 is 2.80 bits per heavy atom. The van der Waals surface area contributed by atoms with Crippen LogP contribution in [0.5, 0.6) is 0 Å². The standard InChI is InChI=1S/C14H13BrFN3S/c15-11-5-3-8-17-13(11)19-14(20)18-9-7-10-4-1-2-6-12(10)16/h1-6,8H,7,9H2,(H2,17,18,19,20). The Bertz CT molecular complexity index is 606. The van der Waals surface area contributed by atoms with Gasteiger partial charge in [0.05, 0.1) is 4.47 Å². The van der Waals surface area contributed by atoms with E-state index in [1.807, 2.05) is 18.2 Å². The summed E-state index contributed by atoms with van der Waals surface area (Å²) in [6.45, 7) is 0.553. The average molecular weight is 354 g/mol. The lowest BCUT2D eigenvalue weighted by Gasteiger charge is -2.11. The maximum atomic E-state index is 13.4. The third kappa shape index (κ3) is 4.25. The van der Waals surface area contributed by atoms with E-state index in [1.165, 1.54) is 6.07 Å². The van der Waals surface area contributed by atoms with Crippen LogP contribution in [0.3, 0.4) is 0 Å². The SMILES string of the molecule is Fc1ccccc1CCNC(=S)Nc1ncccc1Br. The first kappa shape index (κ1) is 14.9. The maximum Gasteiger partial charge on any atom is 0.171 e. The van der Waals surface area contributed by atoms with Crippen LogP contribution in [0.15, 0.2) is 47.1 Å². The lowest BCUT2D eigenvalue weighted by molar-refractivity contribution is 0.607. The third-order valence-electron chi connectivity index (χ3n) is 2.63. The molecule has 0 unspecified atom stereocenters. The van der Waals surface area contributed by atoms with Gasteiger partial charge in [-0.2, -0.15) is 0 Å². The van der Waals surface area contributed by atoms with Crippen LogP contribution in [-0.2, 0) is 6.42 Å². The van der Waals surface area contributed by atoms with E-state index in [9.17, 15) is 4.39 Å². The second kappa shape index (κ2) is 7.31. The number of pyridine rings is 1. The minimum atomic E-state index is -0.194. The normalized spacial score (nSPS) is 10.1. The predicted octanol–water partition coefficient (Wildman–Crippen LogP) is 3.51. The van der Waals surface area contributed by atoms with Crippen LogP contribution < -0.4 is 10.6 Å². The fourth-order valence-electron chi connectivity index (χ4n) is 1.64. The Balaban J connectivity index is 1.82. The van der Waals surface area contributed by atoms with E-state index < -0.39 is 0 Å². The molecule has 1 heterocycles. The van der Waals surface area contributed by atoms with E-state index in [2.05, 4.69) is 31.5 Å². The molecular formula is C14H13BrFN3S. The zero-order valence-electron chi connectivity index (χ0n) is 10.6. The molecule has 104 valence electrons. The third-order valence-corrected chi connectivity index (χ3v) is 3.51. The summed E-state index contributed by atoms with van der Waals surface area (Å²) in [5.41, 5.74) is 0.668. The molecule has 2 aromatic rings. The lowest BCUT2D eigenvalue weighted by Crippen LogP contribution is -2.30. The summed E-state index contributed by atoms with van der Waals surface area (Å²) in [7, 11) is 0. The van der Waals surface area contributed by atoms with Crippen molar-refractivity contribution in [1.29, 1.82) is 0 Å². The molecule has 0 fully saturated rings. The van der Waals surface area contributed by atoms with Crippen LogP contribution in [-0.4, -0.2) is 16.6 Å².